The Morgan fingerprint density at radius 1 is 1.33 bits per heavy atom. The molecule has 0 spiro atoms. The number of carbonyl (C=O) groups excluding carboxylic acids is 2. The molecule has 1 aliphatic heterocycles. The number of benzene rings is 1. The Bertz CT molecular complexity index is 586. The number of fused-ring (bicyclic) bond motifs is 1. The number of carbonyl (C=O) groups is 3. The Balaban J connectivity index is 2.04. The van der Waals surface area contributed by atoms with Crippen LogP contribution in [0.15, 0.2) is 18.2 Å². The minimum atomic E-state index is -1.02. The number of rotatable bonds is 4. The average Bonchev–Trinajstić information content (AvgIpc) is 2.89. The van der Waals surface area contributed by atoms with Crippen molar-refractivity contribution in [2.24, 2.45) is 0 Å². The van der Waals surface area contributed by atoms with Crippen LogP contribution in [-0.2, 0) is 11.2 Å². The molecule has 3 N–H and O–H groups in total. The number of anilines is 1. The summed E-state index contributed by atoms with van der Waals surface area (Å²) in [5.74, 6) is -1.17. The number of carboxylic acid groups (broad SMARTS) is 1. The maximum absolute atomic E-state index is 12.1. The van der Waals surface area contributed by atoms with E-state index in [0.29, 0.717) is 18.7 Å². The first-order valence-electron chi connectivity index (χ1n) is 6.65. The third-order valence-corrected chi connectivity index (χ3v) is 3.38. The number of nitrogens with one attached hydrogen (secondary N) is 2. The lowest BCUT2D eigenvalue weighted by molar-refractivity contribution is -0.120. The van der Waals surface area contributed by atoms with Gasteiger partial charge in [-0.3, -0.25) is 9.69 Å². The molecule has 7 heteroatoms. The van der Waals surface area contributed by atoms with Crippen molar-refractivity contribution in [2.75, 3.05) is 25.0 Å². The molecule has 7 nitrogen and oxygen atoms in total. The second-order valence-corrected chi connectivity index (χ2v) is 4.71. The quantitative estimate of drug-likeness (QED) is 0.756. The van der Waals surface area contributed by atoms with E-state index in [1.165, 1.54) is 24.1 Å². The van der Waals surface area contributed by atoms with Crippen molar-refractivity contribution < 1.29 is 19.5 Å². The van der Waals surface area contributed by atoms with Crippen LogP contribution in [0.25, 0.3) is 0 Å². The molecule has 1 heterocycles. The predicted octanol–water partition coefficient (Wildman–Crippen LogP) is 0.593. The van der Waals surface area contributed by atoms with Gasteiger partial charge in [0.15, 0.2) is 0 Å². The van der Waals surface area contributed by atoms with Gasteiger partial charge in [0.2, 0.25) is 5.91 Å². The van der Waals surface area contributed by atoms with Crippen LogP contribution in [0.2, 0.25) is 0 Å². The van der Waals surface area contributed by atoms with Gasteiger partial charge in [-0.15, -0.1) is 0 Å². The van der Waals surface area contributed by atoms with Crippen LogP contribution >= 0.6 is 0 Å². The first-order chi connectivity index (χ1) is 10.0. The number of hydrogen-bond acceptors (Lipinski definition) is 3. The van der Waals surface area contributed by atoms with Gasteiger partial charge in [-0.25, -0.2) is 9.59 Å². The molecule has 0 unspecified atom stereocenters. The van der Waals surface area contributed by atoms with Crippen molar-refractivity contribution in [2.45, 2.75) is 12.8 Å². The standard InChI is InChI=1S/C14H17N3O4/c1-15-12(18)4-6-16-14(21)17-7-5-9-2-3-10(13(19)20)8-11(9)17/h2-3,8H,4-7H2,1H3,(H,15,18)(H,16,21)(H,19,20). The Kier molecular flexibility index (Phi) is 4.42. The maximum atomic E-state index is 12.1. The number of urea groups is 1. The molecule has 112 valence electrons. The molecule has 1 aromatic rings. The van der Waals surface area contributed by atoms with E-state index in [2.05, 4.69) is 10.6 Å². The van der Waals surface area contributed by atoms with Gasteiger partial charge in [-0.2, -0.15) is 0 Å². The van der Waals surface area contributed by atoms with Crippen LogP contribution in [-0.4, -0.2) is 43.2 Å². The summed E-state index contributed by atoms with van der Waals surface area (Å²) < 4.78 is 0. The van der Waals surface area contributed by atoms with Crippen LogP contribution < -0.4 is 15.5 Å². The second-order valence-electron chi connectivity index (χ2n) is 4.71. The van der Waals surface area contributed by atoms with Gasteiger partial charge in [0, 0.05) is 32.2 Å². The fourth-order valence-corrected chi connectivity index (χ4v) is 2.23. The zero-order valence-corrected chi connectivity index (χ0v) is 11.7. The van der Waals surface area contributed by atoms with Crippen molar-refractivity contribution in [1.82, 2.24) is 10.6 Å². The molecule has 0 fully saturated rings. The molecule has 1 aromatic carbocycles. The highest BCUT2D eigenvalue weighted by Gasteiger charge is 2.25. The summed E-state index contributed by atoms with van der Waals surface area (Å²) in [4.78, 5) is 35.7. The molecule has 0 saturated carbocycles. The largest absolute Gasteiger partial charge is 0.478 e. The van der Waals surface area contributed by atoms with Gasteiger partial charge in [0.05, 0.1) is 5.56 Å². The lowest BCUT2D eigenvalue weighted by Crippen LogP contribution is -2.40. The Hall–Kier alpha value is -2.57. The molecule has 0 aliphatic carbocycles. The molecule has 21 heavy (non-hydrogen) atoms. The molecule has 0 saturated heterocycles. The summed E-state index contributed by atoms with van der Waals surface area (Å²) in [6, 6.07) is 4.45. The maximum Gasteiger partial charge on any atom is 0.335 e. The zero-order chi connectivity index (χ0) is 15.4. The monoisotopic (exact) mass is 291 g/mol. The third-order valence-electron chi connectivity index (χ3n) is 3.38. The third kappa shape index (κ3) is 3.31. The molecule has 1 aliphatic rings. The topological polar surface area (TPSA) is 98.7 Å². The van der Waals surface area contributed by atoms with E-state index in [4.69, 9.17) is 5.11 Å². The van der Waals surface area contributed by atoms with Crippen molar-refractivity contribution >= 4 is 23.6 Å². The minimum Gasteiger partial charge on any atom is -0.478 e. The number of aromatic carboxylic acids is 1. The average molecular weight is 291 g/mol. The Morgan fingerprint density at radius 2 is 2.10 bits per heavy atom. The van der Waals surface area contributed by atoms with Gasteiger partial charge < -0.3 is 15.7 Å². The van der Waals surface area contributed by atoms with E-state index in [1.54, 1.807) is 6.07 Å². The lowest BCUT2D eigenvalue weighted by atomic mass is 10.1. The first-order valence-corrected chi connectivity index (χ1v) is 6.65. The molecule has 0 radical (unpaired) electrons. The fourth-order valence-electron chi connectivity index (χ4n) is 2.23. The van der Waals surface area contributed by atoms with Crippen LogP contribution in [0.4, 0.5) is 10.5 Å². The van der Waals surface area contributed by atoms with Gasteiger partial charge in [-0.1, -0.05) is 6.07 Å². The van der Waals surface area contributed by atoms with E-state index in [9.17, 15) is 14.4 Å². The summed E-state index contributed by atoms with van der Waals surface area (Å²) in [7, 11) is 1.54. The lowest BCUT2D eigenvalue weighted by Gasteiger charge is -2.18. The van der Waals surface area contributed by atoms with Crippen molar-refractivity contribution in [3.63, 3.8) is 0 Å². The molecular weight excluding hydrogens is 274 g/mol. The molecule has 0 aromatic heterocycles. The summed E-state index contributed by atoms with van der Waals surface area (Å²) in [6.07, 6.45) is 0.899. The summed E-state index contributed by atoms with van der Waals surface area (Å²) in [5.41, 5.74) is 1.72. The van der Waals surface area contributed by atoms with Crippen LogP contribution in [0, 0.1) is 0 Å². The summed E-state index contributed by atoms with van der Waals surface area (Å²) >= 11 is 0. The van der Waals surface area contributed by atoms with E-state index >= 15 is 0 Å². The smallest absolute Gasteiger partial charge is 0.335 e. The van der Waals surface area contributed by atoms with Crippen molar-refractivity contribution in [1.29, 1.82) is 0 Å². The van der Waals surface area contributed by atoms with E-state index in [-0.39, 0.29) is 30.5 Å². The normalized spacial score (nSPS) is 12.7. The highest BCUT2D eigenvalue weighted by atomic mass is 16.4. The van der Waals surface area contributed by atoms with Crippen molar-refractivity contribution in [3.8, 4) is 0 Å². The SMILES string of the molecule is CNC(=O)CCNC(=O)N1CCc2ccc(C(=O)O)cc21. The second kappa shape index (κ2) is 6.25. The zero-order valence-electron chi connectivity index (χ0n) is 11.7. The Labute approximate surface area is 121 Å². The summed E-state index contributed by atoms with van der Waals surface area (Å²) in [5, 5.41) is 14.1. The van der Waals surface area contributed by atoms with Crippen LogP contribution in [0.5, 0.6) is 0 Å². The van der Waals surface area contributed by atoms with Crippen molar-refractivity contribution in [3.05, 3.63) is 29.3 Å². The summed E-state index contributed by atoms with van der Waals surface area (Å²) in [6.45, 7) is 0.743. The van der Waals surface area contributed by atoms with Gasteiger partial charge >= 0.3 is 12.0 Å². The van der Waals surface area contributed by atoms with Gasteiger partial charge in [0.1, 0.15) is 0 Å². The molecule has 0 atom stereocenters. The van der Waals surface area contributed by atoms with Crippen LogP contribution in [0.3, 0.4) is 0 Å². The van der Waals surface area contributed by atoms with Gasteiger partial charge in [-0.05, 0) is 24.1 Å². The van der Waals surface area contributed by atoms with Crippen LogP contribution in [0.1, 0.15) is 22.3 Å². The number of hydrogen-bond donors (Lipinski definition) is 3. The minimum absolute atomic E-state index is 0.148. The number of carboxylic acids is 1. The predicted molar refractivity (Wildman–Crippen MR) is 76.5 cm³/mol. The first kappa shape index (κ1) is 14.8. The Morgan fingerprint density at radius 3 is 2.76 bits per heavy atom. The van der Waals surface area contributed by atoms with Gasteiger partial charge in [0.25, 0.3) is 0 Å². The molecule has 2 rings (SSSR count). The molecule has 0 bridgehead atoms. The molecular formula is C14H17N3O4. The highest BCUT2D eigenvalue weighted by molar-refractivity contribution is 5.97. The highest BCUT2D eigenvalue weighted by Crippen LogP contribution is 2.29. The number of nitrogens with zero attached hydrogens (tertiary/aromatic N) is 1. The molecule has 3 amide bonds. The van der Waals surface area contributed by atoms with E-state index < -0.39 is 5.97 Å². The number of amides is 3. The van der Waals surface area contributed by atoms with E-state index in [0.717, 1.165) is 5.56 Å². The fraction of sp³-hybridized carbons (Fsp3) is 0.357. The van der Waals surface area contributed by atoms with E-state index in [1.807, 2.05) is 0 Å².